The van der Waals surface area contributed by atoms with Crippen molar-refractivity contribution in [3.8, 4) is 11.4 Å². The molecular formula is C23H26Cl2N4O2. The monoisotopic (exact) mass is 460 g/mol. The van der Waals surface area contributed by atoms with Gasteiger partial charge >= 0.3 is 0 Å². The van der Waals surface area contributed by atoms with Crippen LogP contribution in [-0.2, 0) is 13.1 Å². The largest absolute Gasteiger partial charge is 0.496 e. The zero-order valence-electron chi connectivity index (χ0n) is 17.6. The molecule has 1 fully saturated rings. The van der Waals surface area contributed by atoms with Gasteiger partial charge in [-0.25, -0.2) is 4.68 Å². The fourth-order valence-electron chi connectivity index (χ4n) is 4.22. The van der Waals surface area contributed by atoms with Gasteiger partial charge in [0.2, 0.25) is 0 Å². The highest BCUT2D eigenvalue weighted by molar-refractivity contribution is 6.31. The molecule has 1 aliphatic heterocycles. The van der Waals surface area contributed by atoms with E-state index in [0.29, 0.717) is 18.1 Å². The quantitative estimate of drug-likeness (QED) is 0.600. The first-order valence-corrected chi connectivity index (χ1v) is 11.1. The number of aromatic nitrogens is 2. The molecule has 1 atom stereocenters. The molecule has 0 spiro atoms. The molecule has 0 bridgehead atoms. The molecule has 3 aromatic rings. The maximum atomic E-state index is 13.0. The van der Waals surface area contributed by atoms with Crippen LogP contribution in [-0.4, -0.2) is 41.0 Å². The molecule has 0 saturated carbocycles. The molecule has 1 unspecified atom stereocenters. The maximum Gasteiger partial charge on any atom is 0.290 e. The lowest BCUT2D eigenvalue weighted by atomic mass is 10.0. The topological polar surface area (TPSA) is 51.4 Å². The summed E-state index contributed by atoms with van der Waals surface area (Å²) in [4.78, 5) is 15.3. The molecule has 6 nitrogen and oxygen atoms in total. The first-order chi connectivity index (χ1) is 15.0. The Bertz CT molecular complexity index is 1110. The second-order valence-electron chi connectivity index (χ2n) is 7.56. The van der Waals surface area contributed by atoms with Crippen molar-refractivity contribution < 1.29 is 4.74 Å². The van der Waals surface area contributed by atoms with Gasteiger partial charge in [0.1, 0.15) is 10.8 Å². The molecule has 0 amide bonds. The van der Waals surface area contributed by atoms with Gasteiger partial charge in [-0.15, -0.1) is 0 Å². The van der Waals surface area contributed by atoms with E-state index in [1.807, 2.05) is 60.1 Å². The first kappa shape index (κ1) is 22.0. The molecule has 1 saturated heterocycles. The Kier molecular flexibility index (Phi) is 6.72. The summed E-state index contributed by atoms with van der Waals surface area (Å²) in [5.41, 5.74) is 2.53. The Balaban J connectivity index is 1.62. The smallest absolute Gasteiger partial charge is 0.290 e. The number of ether oxygens (including phenoxy) is 1. The van der Waals surface area contributed by atoms with E-state index in [1.54, 1.807) is 11.8 Å². The molecule has 4 rings (SSSR count). The average molecular weight is 461 g/mol. The summed E-state index contributed by atoms with van der Waals surface area (Å²) in [6.45, 7) is 5.71. The highest BCUT2D eigenvalue weighted by Crippen LogP contribution is 2.30. The number of hydrogen-bond acceptors (Lipinski definition) is 4. The van der Waals surface area contributed by atoms with Crippen LogP contribution in [0.25, 0.3) is 5.69 Å². The fraction of sp³-hybridized carbons (Fsp3) is 0.348. The maximum absolute atomic E-state index is 13.0. The van der Waals surface area contributed by atoms with E-state index < -0.39 is 0 Å². The van der Waals surface area contributed by atoms with Crippen molar-refractivity contribution in [1.82, 2.24) is 19.6 Å². The van der Waals surface area contributed by atoms with E-state index >= 15 is 0 Å². The van der Waals surface area contributed by atoms with Crippen LogP contribution in [0.5, 0.6) is 5.75 Å². The molecule has 8 heteroatoms. The molecule has 1 N–H and O–H groups in total. The summed E-state index contributed by atoms with van der Waals surface area (Å²) in [6.07, 6.45) is 0. The molecule has 2 heterocycles. The van der Waals surface area contributed by atoms with Gasteiger partial charge < -0.3 is 10.1 Å². The third-order valence-electron chi connectivity index (χ3n) is 5.69. The summed E-state index contributed by atoms with van der Waals surface area (Å²) in [5, 5.41) is 4.49. The second kappa shape index (κ2) is 9.49. The van der Waals surface area contributed by atoms with Gasteiger partial charge in [0, 0.05) is 49.4 Å². The Hall–Kier alpha value is -2.25. The van der Waals surface area contributed by atoms with Crippen LogP contribution in [0.15, 0.2) is 53.3 Å². The van der Waals surface area contributed by atoms with E-state index in [4.69, 9.17) is 27.9 Å². The summed E-state index contributed by atoms with van der Waals surface area (Å²) in [5.74, 6) is 0.769. The van der Waals surface area contributed by atoms with Crippen LogP contribution in [0.2, 0.25) is 10.0 Å². The normalized spacial score (nSPS) is 17.1. The van der Waals surface area contributed by atoms with Crippen molar-refractivity contribution in [2.75, 3.05) is 26.7 Å². The molecule has 164 valence electrons. The van der Waals surface area contributed by atoms with Gasteiger partial charge in [0.25, 0.3) is 5.56 Å². The van der Waals surface area contributed by atoms with Crippen LogP contribution >= 0.6 is 23.2 Å². The van der Waals surface area contributed by atoms with Crippen molar-refractivity contribution >= 4 is 23.2 Å². The number of methoxy groups -OCH3 is 1. The van der Waals surface area contributed by atoms with Crippen LogP contribution in [0.3, 0.4) is 0 Å². The van der Waals surface area contributed by atoms with Crippen molar-refractivity contribution in [3.63, 3.8) is 0 Å². The van der Waals surface area contributed by atoms with Gasteiger partial charge in [0.15, 0.2) is 0 Å². The fourth-order valence-corrected chi connectivity index (χ4v) is 4.62. The Morgan fingerprint density at radius 1 is 1.16 bits per heavy atom. The highest BCUT2D eigenvalue weighted by Gasteiger charge is 2.26. The zero-order chi connectivity index (χ0) is 22.0. The predicted octanol–water partition coefficient (Wildman–Crippen LogP) is 4.12. The molecule has 1 aromatic heterocycles. The zero-order valence-corrected chi connectivity index (χ0v) is 19.2. The average Bonchev–Trinajstić information content (AvgIpc) is 3.04. The third-order valence-corrected chi connectivity index (χ3v) is 6.31. The SMILES string of the molecule is CCn1c(CN2CCNC(c3ccc(Cl)cc3OC)C2)c(Cl)c(=O)n1-c1ccccc1. The Labute approximate surface area is 191 Å². The second-order valence-corrected chi connectivity index (χ2v) is 8.37. The lowest BCUT2D eigenvalue weighted by Gasteiger charge is -2.34. The lowest BCUT2D eigenvalue weighted by Crippen LogP contribution is -2.45. The number of para-hydroxylation sites is 1. The number of rotatable bonds is 6. The molecule has 2 aromatic carbocycles. The van der Waals surface area contributed by atoms with E-state index in [0.717, 1.165) is 42.3 Å². The Morgan fingerprint density at radius 2 is 1.94 bits per heavy atom. The summed E-state index contributed by atoms with van der Waals surface area (Å²) in [6, 6.07) is 15.4. The number of halogens is 2. The molecule has 0 radical (unpaired) electrons. The number of benzene rings is 2. The van der Waals surface area contributed by atoms with Crippen LogP contribution in [0.1, 0.15) is 24.2 Å². The molecule has 1 aliphatic rings. The minimum absolute atomic E-state index is 0.0951. The summed E-state index contributed by atoms with van der Waals surface area (Å²) in [7, 11) is 1.65. The van der Waals surface area contributed by atoms with Gasteiger partial charge in [-0.1, -0.05) is 47.5 Å². The summed E-state index contributed by atoms with van der Waals surface area (Å²) >= 11 is 12.7. The third kappa shape index (κ3) is 4.39. The molecular weight excluding hydrogens is 435 g/mol. The van der Waals surface area contributed by atoms with Gasteiger partial charge in [-0.05, 0) is 31.2 Å². The van der Waals surface area contributed by atoms with Crippen LogP contribution < -0.4 is 15.6 Å². The van der Waals surface area contributed by atoms with E-state index in [1.165, 1.54) is 0 Å². The van der Waals surface area contributed by atoms with Crippen LogP contribution in [0, 0.1) is 0 Å². The lowest BCUT2D eigenvalue weighted by molar-refractivity contribution is 0.186. The first-order valence-electron chi connectivity index (χ1n) is 10.4. The van der Waals surface area contributed by atoms with Gasteiger partial charge in [0.05, 0.1) is 18.5 Å². The van der Waals surface area contributed by atoms with E-state index in [-0.39, 0.29) is 16.6 Å². The molecule has 31 heavy (non-hydrogen) atoms. The number of nitrogens with zero attached hydrogens (tertiary/aromatic N) is 3. The van der Waals surface area contributed by atoms with Crippen molar-refractivity contribution in [3.05, 3.63) is 80.2 Å². The highest BCUT2D eigenvalue weighted by atomic mass is 35.5. The number of piperazine rings is 1. The number of hydrogen-bond donors (Lipinski definition) is 1. The van der Waals surface area contributed by atoms with Crippen molar-refractivity contribution in [2.24, 2.45) is 0 Å². The van der Waals surface area contributed by atoms with E-state index in [9.17, 15) is 4.79 Å². The predicted molar refractivity (Wildman–Crippen MR) is 125 cm³/mol. The van der Waals surface area contributed by atoms with Crippen molar-refractivity contribution in [2.45, 2.75) is 26.1 Å². The van der Waals surface area contributed by atoms with Gasteiger partial charge in [-0.3, -0.25) is 14.4 Å². The summed E-state index contributed by atoms with van der Waals surface area (Å²) < 4.78 is 9.18. The minimum atomic E-state index is -0.184. The minimum Gasteiger partial charge on any atom is -0.496 e. The van der Waals surface area contributed by atoms with Crippen molar-refractivity contribution in [1.29, 1.82) is 0 Å². The standard InChI is InChI=1S/C23H26Cl2N4O2/c1-3-28-20(22(25)23(30)29(28)17-7-5-4-6-8-17)15-27-12-11-26-19(14-27)18-10-9-16(24)13-21(18)31-2/h4-10,13,19,26H,3,11-12,14-15H2,1-2H3. The van der Waals surface area contributed by atoms with Crippen LogP contribution in [0.4, 0.5) is 0 Å². The Morgan fingerprint density at radius 3 is 2.65 bits per heavy atom. The van der Waals surface area contributed by atoms with E-state index in [2.05, 4.69) is 10.2 Å². The number of nitrogens with one attached hydrogen (secondary N) is 1. The molecule has 0 aliphatic carbocycles. The van der Waals surface area contributed by atoms with Gasteiger partial charge in [-0.2, -0.15) is 0 Å².